The van der Waals surface area contributed by atoms with Crippen LogP contribution in [0.25, 0.3) is 10.4 Å². The van der Waals surface area contributed by atoms with Gasteiger partial charge in [0.15, 0.2) is 0 Å². The minimum atomic E-state index is -0.0526. The summed E-state index contributed by atoms with van der Waals surface area (Å²) in [7, 11) is 1.65. The van der Waals surface area contributed by atoms with E-state index in [4.69, 9.17) is 16.2 Å². The highest BCUT2D eigenvalue weighted by molar-refractivity contribution is 7.17. The zero-order chi connectivity index (χ0) is 13.7. The number of ether oxygens (including phenoxy) is 1. The van der Waals surface area contributed by atoms with Crippen LogP contribution in [0, 0.1) is 0 Å². The van der Waals surface area contributed by atoms with Gasteiger partial charge in [0.1, 0.15) is 5.75 Å². The Labute approximate surface area is 115 Å². The lowest BCUT2D eigenvalue weighted by Crippen LogP contribution is -2.21. The van der Waals surface area contributed by atoms with Gasteiger partial charge < -0.3 is 16.2 Å². The van der Waals surface area contributed by atoms with Crippen LogP contribution in [0.3, 0.4) is 0 Å². The predicted octanol–water partition coefficient (Wildman–Crippen LogP) is 2.03. The van der Waals surface area contributed by atoms with Crippen molar-refractivity contribution in [2.24, 2.45) is 21.7 Å². The van der Waals surface area contributed by atoms with Gasteiger partial charge in [-0.3, -0.25) is 0 Å². The smallest absolute Gasteiger partial charge is 0.211 e. The minimum Gasteiger partial charge on any atom is -0.497 e. The summed E-state index contributed by atoms with van der Waals surface area (Å²) in [5.74, 6) is 0.790. The third-order valence-electron chi connectivity index (χ3n) is 2.36. The fraction of sp³-hybridized carbons (Fsp3) is 0.0769. The Morgan fingerprint density at radius 2 is 1.89 bits per heavy atom. The van der Waals surface area contributed by atoms with E-state index >= 15 is 0 Å². The van der Waals surface area contributed by atoms with Gasteiger partial charge in [-0.05, 0) is 42.0 Å². The number of methoxy groups -OCH3 is 1. The van der Waals surface area contributed by atoms with Crippen LogP contribution >= 0.6 is 11.3 Å². The molecule has 0 fully saturated rings. The molecule has 2 rings (SSSR count). The first-order valence-corrected chi connectivity index (χ1v) is 6.37. The molecule has 0 unspecified atom stereocenters. The number of thiophene rings is 1. The van der Waals surface area contributed by atoms with Crippen molar-refractivity contribution in [3.05, 3.63) is 41.3 Å². The monoisotopic (exact) mass is 274 g/mol. The predicted molar refractivity (Wildman–Crippen MR) is 79.7 cm³/mol. The van der Waals surface area contributed by atoms with Crippen molar-refractivity contribution in [2.75, 3.05) is 7.11 Å². The quantitative estimate of drug-likeness (QED) is 0.508. The molecule has 2 aromatic rings. The Balaban J connectivity index is 2.16. The molecular formula is C13H14N4OS. The maximum Gasteiger partial charge on any atom is 0.211 e. The molecule has 0 aliphatic carbocycles. The second kappa shape index (κ2) is 6.01. The lowest BCUT2D eigenvalue weighted by atomic mass is 10.2. The van der Waals surface area contributed by atoms with Crippen molar-refractivity contribution in [3.63, 3.8) is 0 Å². The SMILES string of the molecule is COc1ccc(-c2ccc(/C=N/N=C(N)N)s2)cc1. The highest BCUT2D eigenvalue weighted by Gasteiger charge is 2.01. The first-order valence-electron chi connectivity index (χ1n) is 5.55. The van der Waals surface area contributed by atoms with E-state index in [2.05, 4.69) is 10.2 Å². The fourth-order valence-electron chi connectivity index (χ4n) is 1.49. The largest absolute Gasteiger partial charge is 0.497 e. The molecule has 0 amide bonds. The van der Waals surface area contributed by atoms with Crippen molar-refractivity contribution in [1.82, 2.24) is 0 Å². The fourth-order valence-corrected chi connectivity index (χ4v) is 2.36. The van der Waals surface area contributed by atoms with Crippen molar-refractivity contribution in [1.29, 1.82) is 0 Å². The van der Waals surface area contributed by atoms with E-state index in [9.17, 15) is 0 Å². The van der Waals surface area contributed by atoms with Gasteiger partial charge >= 0.3 is 0 Å². The molecule has 0 spiro atoms. The Hall–Kier alpha value is -2.34. The van der Waals surface area contributed by atoms with E-state index in [0.29, 0.717) is 0 Å². The molecule has 6 heteroatoms. The van der Waals surface area contributed by atoms with Gasteiger partial charge in [-0.2, -0.15) is 5.10 Å². The molecule has 0 atom stereocenters. The molecule has 5 nitrogen and oxygen atoms in total. The molecule has 0 saturated heterocycles. The molecule has 0 bridgehead atoms. The minimum absolute atomic E-state index is 0.0526. The van der Waals surface area contributed by atoms with Gasteiger partial charge in [0.05, 0.1) is 13.3 Å². The second-order valence-corrected chi connectivity index (χ2v) is 4.82. The molecule has 1 aromatic carbocycles. The summed E-state index contributed by atoms with van der Waals surface area (Å²) in [6.07, 6.45) is 1.62. The average molecular weight is 274 g/mol. The number of benzene rings is 1. The highest BCUT2D eigenvalue weighted by atomic mass is 32.1. The molecule has 98 valence electrons. The maximum atomic E-state index is 5.19. The molecule has 4 N–H and O–H groups in total. The zero-order valence-corrected chi connectivity index (χ0v) is 11.2. The topological polar surface area (TPSA) is 86.0 Å². The number of guanidine groups is 1. The van der Waals surface area contributed by atoms with Gasteiger partial charge in [-0.1, -0.05) is 0 Å². The van der Waals surface area contributed by atoms with Crippen molar-refractivity contribution < 1.29 is 4.74 Å². The summed E-state index contributed by atoms with van der Waals surface area (Å²) in [6, 6.07) is 11.9. The number of hydrogen-bond donors (Lipinski definition) is 2. The van der Waals surface area contributed by atoms with E-state index in [-0.39, 0.29) is 5.96 Å². The first-order chi connectivity index (χ1) is 9.19. The lowest BCUT2D eigenvalue weighted by Gasteiger charge is -2.00. The van der Waals surface area contributed by atoms with Gasteiger partial charge in [0.2, 0.25) is 5.96 Å². The van der Waals surface area contributed by atoms with Gasteiger partial charge in [-0.15, -0.1) is 16.4 Å². The first kappa shape index (κ1) is 13.1. The summed E-state index contributed by atoms with van der Waals surface area (Å²) in [4.78, 5) is 2.13. The standard InChI is InChI=1S/C13H14N4OS/c1-18-10-4-2-9(3-5-10)12-7-6-11(19-12)8-16-17-13(14)15/h2-8H,1H3,(H4,14,15,17)/b16-8+. The number of nitrogens with zero attached hydrogens (tertiary/aromatic N) is 2. The molecular weight excluding hydrogens is 260 g/mol. The molecule has 0 saturated carbocycles. The van der Waals surface area contributed by atoms with Crippen LogP contribution in [0.15, 0.2) is 46.6 Å². The molecule has 1 aromatic heterocycles. The zero-order valence-electron chi connectivity index (χ0n) is 10.4. The van der Waals surface area contributed by atoms with E-state index in [1.54, 1.807) is 24.7 Å². The Morgan fingerprint density at radius 3 is 2.53 bits per heavy atom. The van der Waals surface area contributed by atoms with E-state index in [1.165, 1.54) is 0 Å². The maximum absolute atomic E-state index is 5.19. The van der Waals surface area contributed by atoms with Crippen LogP contribution in [-0.4, -0.2) is 19.3 Å². The third-order valence-corrected chi connectivity index (χ3v) is 3.43. The molecule has 0 aliphatic rings. The van der Waals surface area contributed by atoms with Crippen LogP contribution in [-0.2, 0) is 0 Å². The number of hydrogen-bond acceptors (Lipinski definition) is 4. The van der Waals surface area contributed by atoms with E-state index in [1.807, 2.05) is 36.4 Å². The molecule has 0 radical (unpaired) electrons. The van der Waals surface area contributed by atoms with Crippen LogP contribution in [0.5, 0.6) is 5.75 Å². The summed E-state index contributed by atoms with van der Waals surface area (Å²) in [5, 5.41) is 7.34. The third kappa shape index (κ3) is 3.56. The van der Waals surface area contributed by atoms with Crippen LogP contribution in [0.2, 0.25) is 0 Å². The number of rotatable bonds is 4. The van der Waals surface area contributed by atoms with E-state index in [0.717, 1.165) is 21.1 Å². The van der Waals surface area contributed by atoms with E-state index < -0.39 is 0 Å². The summed E-state index contributed by atoms with van der Waals surface area (Å²) >= 11 is 1.61. The van der Waals surface area contributed by atoms with Crippen molar-refractivity contribution in [2.45, 2.75) is 0 Å². The Morgan fingerprint density at radius 1 is 1.16 bits per heavy atom. The summed E-state index contributed by atoms with van der Waals surface area (Å²) < 4.78 is 5.13. The highest BCUT2D eigenvalue weighted by Crippen LogP contribution is 2.28. The van der Waals surface area contributed by atoms with Gasteiger partial charge in [-0.25, -0.2) is 0 Å². The Kier molecular flexibility index (Phi) is 4.15. The average Bonchev–Trinajstić information content (AvgIpc) is 2.87. The van der Waals surface area contributed by atoms with Gasteiger partial charge in [0, 0.05) is 9.75 Å². The van der Waals surface area contributed by atoms with Crippen molar-refractivity contribution >= 4 is 23.5 Å². The lowest BCUT2D eigenvalue weighted by molar-refractivity contribution is 0.415. The summed E-state index contributed by atoms with van der Waals surface area (Å²) in [6.45, 7) is 0. The Bertz CT molecular complexity index is 597. The van der Waals surface area contributed by atoms with Crippen LogP contribution in [0.1, 0.15) is 4.88 Å². The molecule has 0 aliphatic heterocycles. The molecule has 1 heterocycles. The second-order valence-electron chi connectivity index (χ2n) is 3.70. The summed E-state index contributed by atoms with van der Waals surface area (Å²) in [5.41, 5.74) is 11.5. The van der Waals surface area contributed by atoms with Gasteiger partial charge in [0.25, 0.3) is 0 Å². The van der Waals surface area contributed by atoms with Crippen LogP contribution in [0.4, 0.5) is 0 Å². The van der Waals surface area contributed by atoms with Crippen molar-refractivity contribution in [3.8, 4) is 16.2 Å². The van der Waals surface area contributed by atoms with Crippen LogP contribution < -0.4 is 16.2 Å². The normalized spacial score (nSPS) is 10.6. The number of nitrogens with two attached hydrogens (primary N) is 2. The molecule has 19 heavy (non-hydrogen) atoms.